The third kappa shape index (κ3) is 2.48. The second kappa shape index (κ2) is 5.19. The maximum atomic E-state index is 11.8. The van der Waals surface area contributed by atoms with Gasteiger partial charge in [-0.2, -0.15) is 0 Å². The number of benzene rings is 1. The minimum atomic E-state index is -0.700. The van der Waals surface area contributed by atoms with Crippen molar-refractivity contribution >= 4 is 23.3 Å². The average Bonchev–Trinajstić information content (AvgIpc) is 2.71. The molecule has 0 atom stereocenters. The van der Waals surface area contributed by atoms with Crippen molar-refractivity contribution in [2.24, 2.45) is 0 Å². The molecule has 0 unspecified atom stereocenters. The SMILES string of the molecule is CCOC(=O)c1c(-c2ccc(Cl)cc2N)[nH][nH]c1=O. The van der Waals surface area contributed by atoms with Gasteiger partial charge in [0, 0.05) is 16.3 Å². The zero-order valence-electron chi connectivity index (χ0n) is 10.1. The summed E-state index contributed by atoms with van der Waals surface area (Å²) in [5, 5.41) is 5.44. The number of hydrogen-bond donors (Lipinski definition) is 3. The molecule has 6 nitrogen and oxygen atoms in total. The van der Waals surface area contributed by atoms with Crippen molar-refractivity contribution in [3.05, 3.63) is 39.1 Å². The van der Waals surface area contributed by atoms with Gasteiger partial charge in [0.15, 0.2) is 5.56 Å². The number of nitrogens with two attached hydrogens (primary N) is 1. The van der Waals surface area contributed by atoms with Gasteiger partial charge in [-0.1, -0.05) is 11.6 Å². The predicted molar refractivity (Wildman–Crippen MR) is 72.2 cm³/mol. The van der Waals surface area contributed by atoms with E-state index < -0.39 is 11.5 Å². The van der Waals surface area contributed by atoms with E-state index in [1.165, 1.54) is 6.07 Å². The molecule has 100 valence electrons. The summed E-state index contributed by atoms with van der Waals surface area (Å²) in [6.45, 7) is 1.84. The van der Waals surface area contributed by atoms with Crippen molar-refractivity contribution in [1.82, 2.24) is 10.2 Å². The van der Waals surface area contributed by atoms with Crippen LogP contribution in [0, 0.1) is 0 Å². The summed E-state index contributed by atoms with van der Waals surface area (Å²) in [4.78, 5) is 23.4. The number of aromatic amines is 2. The molecule has 1 aromatic carbocycles. The number of nitrogens with one attached hydrogen (secondary N) is 2. The van der Waals surface area contributed by atoms with Gasteiger partial charge in [-0.25, -0.2) is 4.79 Å². The normalized spacial score (nSPS) is 10.4. The first-order valence-electron chi connectivity index (χ1n) is 5.57. The molecule has 19 heavy (non-hydrogen) atoms. The molecule has 0 aliphatic rings. The average molecular weight is 282 g/mol. The lowest BCUT2D eigenvalue weighted by Gasteiger charge is -2.06. The molecule has 2 aromatic rings. The number of hydrogen-bond acceptors (Lipinski definition) is 4. The Morgan fingerprint density at radius 3 is 2.79 bits per heavy atom. The number of esters is 1. The number of carbonyl (C=O) groups is 1. The highest BCUT2D eigenvalue weighted by atomic mass is 35.5. The van der Waals surface area contributed by atoms with Gasteiger partial charge in [-0.15, -0.1) is 0 Å². The van der Waals surface area contributed by atoms with Gasteiger partial charge in [-0.05, 0) is 25.1 Å². The molecule has 0 aliphatic carbocycles. The third-order valence-electron chi connectivity index (χ3n) is 2.54. The highest BCUT2D eigenvalue weighted by Gasteiger charge is 2.21. The monoisotopic (exact) mass is 281 g/mol. The van der Waals surface area contributed by atoms with E-state index in [2.05, 4.69) is 10.2 Å². The fraction of sp³-hybridized carbons (Fsp3) is 0.167. The van der Waals surface area contributed by atoms with Crippen LogP contribution in [0.1, 0.15) is 17.3 Å². The van der Waals surface area contributed by atoms with Gasteiger partial charge >= 0.3 is 5.97 Å². The Labute approximate surface area is 113 Å². The zero-order valence-corrected chi connectivity index (χ0v) is 10.9. The van der Waals surface area contributed by atoms with Gasteiger partial charge in [0.2, 0.25) is 0 Å². The number of ether oxygens (including phenoxy) is 1. The van der Waals surface area contributed by atoms with Crippen LogP contribution in [0.2, 0.25) is 5.02 Å². The van der Waals surface area contributed by atoms with Crippen LogP contribution >= 0.6 is 11.6 Å². The van der Waals surface area contributed by atoms with Crippen LogP contribution in [0.15, 0.2) is 23.0 Å². The quantitative estimate of drug-likeness (QED) is 0.589. The number of carbonyl (C=O) groups excluding carboxylic acids is 1. The van der Waals surface area contributed by atoms with Crippen molar-refractivity contribution in [3.8, 4) is 11.3 Å². The summed E-state index contributed by atoms with van der Waals surface area (Å²) < 4.78 is 4.85. The van der Waals surface area contributed by atoms with Crippen LogP contribution in [-0.2, 0) is 4.74 Å². The van der Waals surface area contributed by atoms with Crippen molar-refractivity contribution in [2.75, 3.05) is 12.3 Å². The molecule has 0 amide bonds. The van der Waals surface area contributed by atoms with E-state index in [4.69, 9.17) is 22.1 Å². The lowest BCUT2D eigenvalue weighted by molar-refractivity contribution is 0.0526. The minimum Gasteiger partial charge on any atom is -0.462 e. The summed E-state index contributed by atoms with van der Waals surface area (Å²) in [6.07, 6.45) is 0. The molecule has 4 N–H and O–H groups in total. The van der Waals surface area contributed by atoms with E-state index in [-0.39, 0.29) is 17.9 Å². The van der Waals surface area contributed by atoms with E-state index in [1.807, 2.05) is 0 Å². The number of anilines is 1. The number of rotatable bonds is 3. The van der Waals surface area contributed by atoms with Crippen LogP contribution in [-0.4, -0.2) is 22.8 Å². The summed E-state index contributed by atoms with van der Waals surface area (Å²) in [7, 11) is 0. The van der Waals surface area contributed by atoms with Crippen LogP contribution in [0.25, 0.3) is 11.3 Å². The van der Waals surface area contributed by atoms with E-state index in [1.54, 1.807) is 19.1 Å². The van der Waals surface area contributed by atoms with Crippen molar-refractivity contribution in [1.29, 1.82) is 0 Å². The molecular weight excluding hydrogens is 270 g/mol. The Kier molecular flexibility index (Phi) is 3.62. The van der Waals surface area contributed by atoms with Crippen molar-refractivity contribution in [3.63, 3.8) is 0 Å². The first-order chi connectivity index (χ1) is 9.04. The highest BCUT2D eigenvalue weighted by Crippen LogP contribution is 2.28. The molecule has 1 aromatic heterocycles. The summed E-state index contributed by atoms with van der Waals surface area (Å²) >= 11 is 5.81. The summed E-state index contributed by atoms with van der Waals surface area (Å²) in [6, 6.07) is 4.78. The van der Waals surface area contributed by atoms with E-state index >= 15 is 0 Å². The van der Waals surface area contributed by atoms with Crippen LogP contribution in [0.5, 0.6) is 0 Å². The Hall–Kier alpha value is -2.21. The highest BCUT2D eigenvalue weighted by molar-refractivity contribution is 6.31. The number of halogens is 1. The Morgan fingerprint density at radius 1 is 1.42 bits per heavy atom. The van der Waals surface area contributed by atoms with Gasteiger partial charge < -0.3 is 10.5 Å². The number of nitrogen functional groups attached to an aromatic ring is 1. The first kappa shape index (κ1) is 13.2. The maximum absolute atomic E-state index is 11.8. The molecule has 7 heteroatoms. The lowest BCUT2D eigenvalue weighted by atomic mass is 10.1. The fourth-order valence-electron chi connectivity index (χ4n) is 1.72. The molecule has 0 saturated heterocycles. The van der Waals surface area contributed by atoms with Crippen LogP contribution in [0.4, 0.5) is 5.69 Å². The maximum Gasteiger partial charge on any atom is 0.346 e. The smallest absolute Gasteiger partial charge is 0.346 e. The molecule has 0 spiro atoms. The van der Waals surface area contributed by atoms with Crippen LogP contribution < -0.4 is 11.3 Å². The molecule has 1 heterocycles. The molecule has 2 rings (SSSR count). The Bertz CT molecular complexity index is 675. The molecule has 0 aliphatic heterocycles. The van der Waals surface area contributed by atoms with E-state index in [0.717, 1.165) is 0 Å². The molecular formula is C12H12ClN3O3. The topological polar surface area (TPSA) is 101 Å². The molecule has 0 fully saturated rings. The van der Waals surface area contributed by atoms with Crippen molar-refractivity contribution in [2.45, 2.75) is 6.92 Å². The standard InChI is InChI=1S/C12H12ClN3O3/c1-2-19-12(18)9-10(15-16-11(9)17)7-4-3-6(13)5-8(7)14/h3-5H,2,14H2,1H3,(H2,15,16,17). The molecule has 0 radical (unpaired) electrons. The Morgan fingerprint density at radius 2 is 2.16 bits per heavy atom. The minimum absolute atomic E-state index is 0.101. The molecule has 0 bridgehead atoms. The van der Waals surface area contributed by atoms with Gasteiger partial charge in [-0.3, -0.25) is 15.0 Å². The summed E-state index contributed by atoms with van der Waals surface area (Å²) in [5.74, 6) is -0.700. The van der Waals surface area contributed by atoms with Gasteiger partial charge in [0.25, 0.3) is 5.56 Å². The van der Waals surface area contributed by atoms with Gasteiger partial charge in [0.05, 0.1) is 12.3 Å². The lowest BCUT2D eigenvalue weighted by Crippen LogP contribution is -2.16. The second-order valence-electron chi connectivity index (χ2n) is 3.78. The van der Waals surface area contributed by atoms with Crippen LogP contribution in [0.3, 0.4) is 0 Å². The van der Waals surface area contributed by atoms with Gasteiger partial charge in [0.1, 0.15) is 0 Å². The van der Waals surface area contributed by atoms with Crippen molar-refractivity contribution < 1.29 is 9.53 Å². The Balaban J connectivity index is 2.57. The third-order valence-corrected chi connectivity index (χ3v) is 2.78. The fourth-order valence-corrected chi connectivity index (χ4v) is 1.90. The largest absolute Gasteiger partial charge is 0.462 e. The van der Waals surface area contributed by atoms with E-state index in [0.29, 0.717) is 16.3 Å². The van der Waals surface area contributed by atoms with E-state index in [9.17, 15) is 9.59 Å². The number of aromatic nitrogens is 2. The molecule has 0 saturated carbocycles. The zero-order chi connectivity index (χ0) is 14.0. The summed E-state index contributed by atoms with van der Waals surface area (Å²) in [5.41, 5.74) is 6.33. The second-order valence-corrected chi connectivity index (χ2v) is 4.22. The predicted octanol–water partition coefficient (Wildman–Crippen LogP) is 1.78. The number of H-pyrrole nitrogens is 2. The first-order valence-corrected chi connectivity index (χ1v) is 5.95.